The fourth-order valence-electron chi connectivity index (χ4n) is 2.53. The van der Waals surface area contributed by atoms with Gasteiger partial charge in [0.1, 0.15) is 11.6 Å². The van der Waals surface area contributed by atoms with E-state index in [1.807, 2.05) is 0 Å². The van der Waals surface area contributed by atoms with Crippen LogP contribution >= 0.6 is 12.2 Å². The van der Waals surface area contributed by atoms with Crippen LogP contribution in [0.2, 0.25) is 0 Å². The van der Waals surface area contributed by atoms with Crippen molar-refractivity contribution < 1.29 is 30.0 Å². The van der Waals surface area contributed by atoms with Crippen LogP contribution in [0.4, 0.5) is 0 Å². The minimum absolute atomic E-state index is 0.163. The van der Waals surface area contributed by atoms with Gasteiger partial charge in [-0.3, -0.25) is 0 Å². The highest BCUT2D eigenvalue weighted by atomic mass is 32.1. The predicted octanol–water partition coefficient (Wildman–Crippen LogP) is 3.39. The summed E-state index contributed by atoms with van der Waals surface area (Å²) >= 11 is 5.30. The third kappa shape index (κ3) is 6.97. The van der Waals surface area contributed by atoms with Crippen molar-refractivity contribution in [2.45, 2.75) is 38.8 Å². The highest BCUT2D eigenvalue weighted by Gasteiger charge is 2.26. The van der Waals surface area contributed by atoms with E-state index in [0.717, 1.165) is 0 Å². The van der Waals surface area contributed by atoms with Gasteiger partial charge in [-0.15, -0.1) is 0 Å². The van der Waals surface area contributed by atoms with Crippen molar-refractivity contribution in [3.63, 3.8) is 0 Å². The summed E-state index contributed by atoms with van der Waals surface area (Å²) in [6, 6.07) is 7.79. The number of hydrogen-bond donors (Lipinski definition) is 5. The van der Waals surface area contributed by atoms with E-state index in [9.17, 15) is 25.2 Å². The van der Waals surface area contributed by atoms with E-state index in [1.165, 1.54) is 24.3 Å². The molecule has 0 aliphatic heterocycles. The molecule has 8 heteroatoms. The summed E-state index contributed by atoms with van der Waals surface area (Å²) in [5.74, 6) is -1.54. The van der Waals surface area contributed by atoms with Gasteiger partial charge < -0.3 is 30.5 Å². The van der Waals surface area contributed by atoms with Gasteiger partial charge in [0.15, 0.2) is 23.0 Å². The zero-order chi connectivity index (χ0) is 22.5. The van der Waals surface area contributed by atoms with Crippen molar-refractivity contribution >= 4 is 29.3 Å². The monoisotopic (exact) mass is 431 g/mol. The first kappa shape index (κ1) is 23.0. The second kappa shape index (κ2) is 9.49. The lowest BCUT2D eigenvalue weighted by molar-refractivity contribution is -0.157. The normalized spacial score (nSPS) is 12.5. The lowest BCUT2D eigenvalue weighted by Crippen LogP contribution is -2.44. The summed E-state index contributed by atoms with van der Waals surface area (Å²) in [6.45, 7) is 5.26. The smallest absolute Gasteiger partial charge is 0.329 e. The van der Waals surface area contributed by atoms with E-state index in [0.29, 0.717) is 11.1 Å². The van der Waals surface area contributed by atoms with Crippen LogP contribution in [0.5, 0.6) is 23.0 Å². The Morgan fingerprint density at radius 1 is 1.03 bits per heavy atom. The molecule has 160 valence electrons. The number of hydrogen-bond acceptors (Lipinski definition) is 7. The van der Waals surface area contributed by atoms with E-state index >= 15 is 0 Å². The summed E-state index contributed by atoms with van der Waals surface area (Å²) < 4.78 is 5.46. The van der Waals surface area contributed by atoms with Gasteiger partial charge in [0.2, 0.25) is 0 Å². The molecule has 0 fully saturated rings. The van der Waals surface area contributed by atoms with Gasteiger partial charge in [0, 0.05) is 6.42 Å². The Labute approximate surface area is 180 Å². The zero-order valence-electron chi connectivity index (χ0n) is 16.9. The molecular weight excluding hydrogens is 406 g/mol. The lowest BCUT2D eigenvalue weighted by Gasteiger charge is -2.25. The van der Waals surface area contributed by atoms with E-state index in [2.05, 4.69) is 5.32 Å². The Balaban J connectivity index is 2.17. The molecular formula is C22H25NO6S. The maximum absolute atomic E-state index is 12.7. The molecule has 0 saturated heterocycles. The van der Waals surface area contributed by atoms with Crippen LogP contribution in [0.1, 0.15) is 31.9 Å². The molecule has 0 amide bonds. The number of aromatic hydroxyl groups is 4. The summed E-state index contributed by atoms with van der Waals surface area (Å²) in [4.78, 5) is 12.9. The number of phenols is 4. The van der Waals surface area contributed by atoms with Crippen molar-refractivity contribution in [3.05, 3.63) is 53.6 Å². The number of thiocarbonyl (C=S) groups is 1. The van der Waals surface area contributed by atoms with Crippen LogP contribution in [-0.2, 0) is 16.0 Å². The molecule has 2 aromatic carbocycles. The van der Waals surface area contributed by atoms with Gasteiger partial charge in [-0.2, -0.15) is 0 Å². The minimum Gasteiger partial charge on any atom is -0.504 e. The third-order valence-corrected chi connectivity index (χ3v) is 4.17. The van der Waals surface area contributed by atoms with Crippen molar-refractivity contribution in [1.82, 2.24) is 5.32 Å². The number of nitrogens with one attached hydrogen (secondary N) is 1. The number of carbonyl (C=O) groups excluding carboxylic acids is 1. The molecule has 5 N–H and O–H groups in total. The maximum Gasteiger partial charge on any atom is 0.329 e. The number of ether oxygens (including phenoxy) is 1. The molecule has 0 saturated carbocycles. The van der Waals surface area contributed by atoms with Crippen LogP contribution in [0.3, 0.4) is 0 Å². The molecule has 0 spiro atoms. The third-order valence-electron chi connectivity index (χ3n) is 3.91. The highest BCUT2D eigenvalue weighted by Crippen LogP contribution is 2.26. The van der Waals surface area contributed by atoms with Crippen LogP contribution < -0.4 is 5.32 Å². The molecule has 0 bridgehead atoms. The predicted molar refractivity (Wildman–Crippen MR) is 118 cm³/mol. The number of phenolic OH excluding ortho intramolecular Hbond substituents is 4. The molecule has 1 atom stereocenters. The topological polar surface area (TPSA) is 119 Å². The van der Waals surface area contributed by atoms with Crippen LogP contribution in [0.15, 0.2) is 42.5 Å². The van der Waals surface area contributed by atoms with Crippen molar-refractivity contribution in [2.75, 3.05) is 0 Å². The first-order valence-electron chi connectivity index (χ1n) is 9.19. The average molecular weight is 432 g/mol. The van der Waals surface area contributed by atoms with Crippen molar-refractivity contribution in [1.29, 1.82) is 0 Å². The highest BCUT2D eigenvalue weighted by molar-refractivity contribution is 7.80. The van der Waals surface area contributed by atoms with Gasteiger partial charge >= 0.3 is 5.97 Å². The summed E-state index contributed by atoms with van der Waals surface area (Å²) in [7, 11) is 0. The second-order valence-corrected chi connectivity index (χ2v) is 8.14. The van der Waals surface area contributed by atoms with Crippen LogP contribution in [0, 0.1) is 0 Å². The first-order valence-corrected chi connectivity index (χ1v) is 9.60. The molecule has 2 rings (SSSR count). The fourth-order valence-corrected chi connectivity index (χ4v) is 2.74. The Morgan fingerprint density at radius 3 is 2.20 bits per heavy atom. The fraction of sp³-hybridized carbons (Fsp3) is 0.273. The summed E-state index contributed by atoms with van der Waals surface area (Å²) in [6.07, 6.45) is 3.33. The van der Waals surface area contributed by atoms with Gasteiger partial charge in [-0.05, 0) is 62.2 Å². The van der Waals surface area contributed by atoms with Gasteiger partial charge in [-0.25, -0.2) is 4.79 Å². The largest absolute Gasteiger partial charge is 0.504 e. The number of carbonyl (C=O) groups is 1. The van der Waals surface area contributed by atoms with Gasteiger partial charge in [0.25, 0.3) is 0 Å². The molecule has 0 aliphatic carbocycles. The Morgan fingerprint density at radius 2 is 1.63 bits per heavy atom. The number of benzene rings is 2. The maximum atomic E-state index is 12.7. The number of rotatable bonds is 6. The minimum atomic E-state index is -0.835. The van der Waals surface area contributed by atoms with Crippen LogP contribution in [0.25, 0.3) is 6.08 Å². The van der Waals surface area contributed by atoms with Gasteiger partial charge in [0.05, 0.1) is 4.99 Å². The average Bonchev–Trinajstić information content (AvgIpc) is 2.63. The molecule has 30 heavy (non-hydrogen) atoms. The standard InChI is InChI=1S/C22H25NO6S/c1-22(2,3)29-21(28)15(10-14-5-8-17(25)19(27)12-14)23-20(30)9-6-13-4-7-16(24)18(26)11-13/h4-9,11-12,15,24-27H,10H2,1-3H3,(H,23,30)/b9-6+/t15-/m0/s1. The molecule has 0 aliphatic rings. The Hall–Kier alpha value is -3.26. The van der Waals surface area contributed by atoms with E-state index in [1.54, 1.807) is 45.1 Å². The Bertz CT molecular complexity index is 965. The summed E-state index contributed by atoms with van der Waals surface area (Å²) in [5, 5.41) is 41.1. The molecule has 0 heterocycles. The molecule has 0 aromatic heterocycles. The molecule has 2 aromatic rings. The zero-order valence-corrected chi connectivity index (χ0v) is 17.7. The van der Waals surface area contributed by atoms with Gasteiger partial charge in [-0.1, -0.05) is 30.4 Å². The summed E-state index contributed by atoms with van der Waals surface area (Å²) in [5.41, 5.74) is 0.505. The van der Waals surface area contributed by atoms with E-state index in [4.69, 9.17) is 17.0 Å². The Kier molecular flexibility index (Phi) is 7.28. The van der Waals surface area contributed by atoms with Crippen LogP contribution in [-0.4, -0.2) is 43.0 Å². The number of esters is 1. The second-order valence-electron chi connectivity index (χ2n) is 7.70. The lowest BCUT2D eigenvalue weighted by atomic mass is 10.0. The SMILES string of the molecule is CC(C)(C)OC(=O)[C@H](Cc1ccc(O)c(O)c1)NC(=S)/C=C/c1ccc(O)c(O)c1. The van der Waals surface area contributed by atoms with E-state index < -0.39 is 17.6 Å². The van der Waals surface area contributed by atoms with Crippen molar-refractivity contribution in [3.8, 4) is 23.0 Å². The molecule has 7 nitrogen and oxygen atoms in total. The molecule has 0 radical (unpaired) electrons. The first-order chi connectivity index (χ1) is 13.9. The van der Waals surface area contributed by atoms with Crippen molar-refractivity contribution in [2.24, 2.45) is 0 Å². The quantitative estimate of drug-likeness (QED) is 0.204. The van der Waals surface area contributed by atoms with E-state index in [-0.39, 0.29) is 34.4 Å². The molecule has 0 unspecified atom stereocenters.